The van der Waals surface area contributed by atoms with Crippen LogP contribution in [0.2, 0.25) is 0 Å². The molecule has 21 heavy (non-hydrogen) atoms. The second kappa shape index (κ2) is 6.27. The monoisotopic (exact) mass is 289 g/mol. The van der Waals surface area contributed by atoms with Crippen molar-refractivity contribution < 1.29 is 9.47 Å². The van der Waals surface area contributed by atoms with Crippen molar-refractivity contribution in [2.24, 2.45) is 11.8 Å². The number of hydrogen-bond donors (Lipinski definition) is 1. The second-order valence-corrected chi connectivity index (χ2v) is 6.61. The number of ether oxygens (including phenoxy) is 2. The Morgan fingerprint density at radius 1 is 1.00 bits per heavy atom. The molecule has 1 saturated carbocycles. The van der Waals surface area contributed by atoms with Crippen LogP contribution in [0.4, 0.5) is 0 Å². The van der Waals surface area contributed by atoms with Crippen molar-refractivity contribution >= 4 is 0 Å². The first-order valence-electron chi connectivity index (χ1n) is 8.21. The maximum Gasteiger partial charge on any atom is 0.161 e. The molecule has 1 unspecified atom stereocenters. The molecule has 0 amide bonds. The third-order valence-electron chi connectivity index (χ3n) is 5.27. The van der Waals surface area contributed by atoms with Gasteiger partial charge in [-0.1, -0.05) is 19.8 Å². The van der Waals surface area contributed by atoms with Crippen LogP contribution in [0.15, 0.2) is 12.1 Å². The van der Waals surface area contributed by atoms with Gasteiger partial charge in [-0.25, -0.2) is 0 Å². The molecule has 1 heterocycles. The molecular weight excluding hydrogens is 262 g/mol. The van der Waals surface area contributed by atoms with E-state index >= 15 is 0 Å². The predicted octanol–water partition coefficient (Wildman–Crippen LogP) is 3.72. The minimum Gasteiger partial charge on any atom is -0.493 e. The highest BCUT2D eigenvalue weighted by Gasteiger charge is 2.31. The Morgan fingerprint density at radius 3 is 2.33 bits per heavy atom. The minimum absolute atomic E-state index is 0.487. The Hall–Kier alpha value is -1.22. The highest BCUT2D eigenvalue weighted by Crippen LogP contribution is 2.42. The van der Waals surface area contributed by atoms with Gasteiger partial charge in [0.05, 0.1) is 14.2 Å². The highest BCUT2D eigenvalue weighted by molar-refractivity contribution is 5.49. The smallest absolute Gasteiger partial charge is 0.161 e. The zero-order valence-electron chi connectivity index (χ0n) is 13.4. The topological polar surface area (TPSA) is 30.5 Å². The summed E-state index contributed by atoms with van der Waals surface area (Å²) in [6.45, 7) is 3.45. The van der Waals surface area contributed by atoms with Crippen molar-refractivity contribution in [1.82, 2.24) is 5.32 Å². The van der Waals surface area contributed by atoms with Crippen molar-refractivity contribution in [2.75, 3.05) is 20.8 Å². The molecule has 1 atom stereocenters. The summed E-state index contributed by atoms with van der Waals surface area (Å²) in [5.74, 6) is 3.37. The normalized spacial score (nSPS) is 28.8. The fourth-order valence-corrected chi connectivity index (χ4v) is 3.95. The molecule has 0 spiro atoms. The largest absolute Gasteiger partial charge is 0.493 e. The summed E-state index contributed by atoms with van der Waals surface area (Å²) in [5.41, 5.74) is 2.86. The van der Waals surface area contributed by atoms with Gasteiger partial charge < -0.3 is 14.8 Å². The van der Waals surface area contributed by atoms with Crippen molar-refractivity contribution in [3.63, 3.8) is 0 Å². The SMILES string of the molecule is COc1cc2c(cc1OC)C(C1CCC(C)CC1)NCC2. The van der Waals surface area contributed by atoms with Crippen molar-refractivity contribution in [3.05, 3.63) is 23.3 Å². The predicted molar refractivity (Wildman–Crippen MR) is 85.1 cm³/mol. The van der Waals surface area contributed by atoms with Crippen LogP contribution < -0.4 is 14.8 Å². The average Bonchev–Trinajstić information content (AvgIpc) is 2.53. The lowest BCUT2D eigenvalue weighted by molar-refractivity contribution is 0.226. The highest BCUT2D eigenvalue weighted by atomic mass is 16.5. The van der Waals surface area contributed by atoms with E-state index in [9.17, 15) is 0 Å². The molecule has 3 heteroatoms. The van der Waals surface area contributed by atoms with Gasteiger partial charge in [-0.3, -0.25) is 0 Å². The first kappa shape index (κ1) is 14.7. The fraction of sp³-hybridized carbons (Fsp3) is 0.667. The zero-order chi connectivity index (χ0) is 14.8. The van der Waals surface area contributed by atoms with E-state index in [1.807, 2.05) is 0 Å². The van der Waals surface area contributed by atoms with E-state index in [2.05, 4.69) is 24.4 Å². The van der Waals surface area contributed by atoms with E-state index in [0.29, 0.717) is 6.04 Å². The summed E-state index contributed by atoms with van der Waals surface area (Å²) in [7, 11) is 3.43. The van der Waals surface area contributed by atoms with E-state index in [0.717, 1.165) is 36.3 Å². The maximum absolute atomic E-state index is 5.50. The van der Waals surface area contributed by atoms with Crippen LogP contribution in [0.5, 0.6) is 11.5 Å². The summed E-state index contributed by atoms with van der Waals surface area (Å²) >= 11 is 0. The van der Waals surface area contributed by atoms with E-state index in [-0.39, 0.29) is 0 Å². The number of rotatable bonds is 3. The Kier molecular flexibility index (Phi) is 4.39. The van der Waals surface area contributed by atoms with Crippen LogP contribution in [0, 0.1) is 11.8 Å². The van der Waals surface area contributed by atoms with Gasteiger partial charge in [0.2, 0.25) is 0 Å². The Balaban J connectivity index is 1.90. The standard InChI is InChI=1S/C18H27NO2/c1-12-4-6-13(7-5-12)18-15-11-17(21-3)16(20-2)10-14(15)8-9-19-18/h10-13,18-19H,4-9H2,1-3H3. The van der Waals surface area contributed by atoms with Crippen molar-refractivity contribution in [3.8, 4) is 11.5 Å². The molecule has 1 aliphatic heterocycles. The molecule has 3 rings (SSSR count). The van der Waals surface area contributed by atoms with Gasteiger partial charge in [-0.05, 0) is 60.9 Å². The van der Waals surface area contributed by atoms with Crippen LogP contribution >= 0.6 is 0 Å². The molecule has 3 nitrogen and oxygen atoms in total. The van der Waals surface area contributed by atoms with Gasteiger partial charge in [0.25, 0.3) is 0 Å². The van der Waals surface area contributed by atoms with Crippen LogP contribution in [0.25, 0.3) is 0 Å². The van der Waals surface area contributed by atoms with E-state index in [1.165, 1.54) is 36.8 Å². The Bertz CT molecular complexity index is 492. The van der Waals surface area contributed by atoms with Crippen LogP contribution in [-0.4, -0.2) is 20.8 Å². The van der Waals surface area contributed by atoms with Gasteiger partial charge >= 0.3 is 0 Å². The van der Waals surface area contributed by atoms with Crippen LogP contribution in [-0.2, 0) is 6.42 Å². The number of benzene rings is 1. The number of methoxy groups -OCH3 is 2. The third-order valence-corrected chi connectivity index (χ3v) is 5.27. The van der Waals surface area contributed by atoms with Gasteiger partial charge in [0, 0.05) is 6.04 Å². The molecule has 1 aromatic carbocycles. The minimum atomic E-state index is 0.487. The zero-order valence-corrected chi connectivity index (χ0v) is 13.4. The maximum atomic E-state index is 5.50. The molecule has 116 valence electrons. The average molecular weight is 289 g/mol. The molecule has 1 aliphatic carbocycles. The van der Waals surface area contributed by atoms with E-state index in [4.69, 9.17) is 9.47 Å². The summed E-state index contributed by atoms with van der Waals surface area (Å²) < 4.78 is 11.0. The van der Waals surface area contributed by atoms with E-state index in [1.54, 1.807) is 14.2 Å². The molecule has 0 saturated heterocycles. The molecule has 1 N–H and O–H groups in total. The lowest BCUT2D eigenvalue weighted by atomic mass is 9.75. The van der Waals surface area contributed by atoms with Crippen LogP contribution in [0.3, 0.4) is 0 Å². The summed E-state index contributed by atoms with van der Waals surface area (Å²) in [6, 6.07) is 4.86. The molecule has 1 fully saturated rings. The third kappa shape index (κ3) is 2.89. The lowest BCUT2D eigenvalue weighted by Gasteiger charge is -2.37. The fourth-order valence-electron chi connectivity index (χ4n) is 3.95. The molecule has 0 bridgehead atoms. The summed E-state index contributed by atoms with van der Waals surface area (Å²) in [5, 5.41) is 3.75. The number of hydrogen-bond acceptors (Lipinski definition) is 3. The van der Waals surface area contributed by atoms with Gasteiger partial charge in [-0.2, -0.15) is 0 Å². The van der Waals surface area contributed by atoms with E-state index < -0.39 is 0 Å². The first-order chi connectivity index (χ1) is 10.2. The van der Waals surface area contributed by atoms with Gasteiger partial charge in [0.1, 0.15) is 0 Å². The van der Waals surface area contributed by atoms with Crippen molar-refractivity contribution in [2.45, 2.75) is 45.1 Å². The Labute approximate surface area is 128 Å². The van der Waals surface area contributed by atoms with Crippen molar-refractivity contribution in [1.29, 1.82) is 0 Å². The molecular formula is C18H27NO2. The summed E-state index contributed by atoms with van der Waals surface area (Å²) in [4.78, 5) is 0. The quantitative estimate of drug-likeness (QED) is 0.920. The van der Waals surface area contributed by atoms with Crippen LogP contribution in [0.1, 0.15) is 49.8 Å². The summed E-state index contributed by atoms with van der Waals surface area (Å²) in [6.07, 6.45) is 6.49. The van der Waals surface area contributed by atoms with Gasteiger partial charge in [-0.15, -0.1) is 0 Å². The van der Waals surface area contributed by atoms with Gasteiger partial charge in [0.15, 0.2) is 11.5 Å². The first-order valence-corrected chi connectivity index (χ1v) is 8.21. The number of fused-ring (bicyclic) bond motifs is 1. The molecule has 0 radical (unpaired) electrons. The second-order valence-electron chi connectivity index (χ2n) is 6.61. The number of nitrogens with one attached hydrogen (secondary N) is 1. The molecule has 1 aromatic rings. The molecule has 2 aliphatic rings. The Morgan fingerprint density at radius 2 is 1.67 bits per heavy atom. The lowest BCUT2D eigenvalue weighted by Crippen LogP contribution is -2.36. The molecule has 0 aromatic heterocycles.